The Morgan fingerprint density at radius 1 is 1.55 bits per heavy atom. The molecule has 1 saturated heterocycles. The van der Waals surface area contributed by atoms with Gasteiger partial charge in [-0.25, -0.2) is 4.39 Å². The maximum absolute atomic E-state index is 12.6. The van der Waals surface area contributed by atoms with Crippen molar-refractivity contribution in [3.05, 3.63) is 34.6 Å². The van der Waals surface area contributed by atoms with Crippen molar-refractivity contribution >= 4 is 11.6 Å². The Hall–Kier alpha value is -0.600. The summed E-state index contributed by atoms with van der Waals surface area (Å²) < 4.78 is 12.6. The molecule has 0 bridgehead atoms. The average molecular weight is 172 g/mol. The number of benzene rings is 1. The van der Waals surface area contributed by atoms with Gasteiger partial charge in [0.15, 0.2) is 0 Å². The maximum Gasteiger partial charge on any atom is 0.123 e. The molecule has 11 heavy (non-hydrogen) atoms. The molecule has 0 unspecified atom stereocenters. The molecule has 1 aliphatic rings. The lowest BCUT2D eigenvalue weighted by atomic mass is 10.1. The van der Waals surface area contributed by atoms with Crippen LogP contribution in [-0.4, -0.2) is 6.54 Å². The second kappa shape index (κ2) is 2.47. The van der Waals surface area contributed by atoms with E-state index in [1.807, 2.05) is 0 Å². The van der Waals surface area contributed by atoms with Gasteiger partial charge in [0.25, 0.3) is 0 Å². The standard InChI is InChI=1S/C8H7ClFN/c9-7-2-1-5(10)3-6(7)8-4-11-8/h1-3,8,11H,4H2/t8-/m1/s1. The summed E-state index contributed by atoms with van der Waals surface area (Å²) in [6.45, 7) is 0.906. The minimum Gasteiger partial charge on any atom is -0.307 e. The van der Waals surface area contributed by atoms with Gasteiger partial charge in [0.1, 0.15) is 5.82 Å². The molecule has 1 nitrogen and oxygen atoms in total. The van der Waals surface area contributed by atoms with Crippen molar-refractivity contribution in [2.45, 2.75) is 6.04 Å². The van der Waals surface area contributed by atoms with Gasteiger partial charge >= 0.3 is 0 Å². The number of halogens is 2. The Morgan fingerprint density at radius 2 is 2.27 bits per heavy atom. The lowest BCUT2D eigenvalue weighted by Crippen LogP contribution is -1.87. The summed E-state index contributed by atoms with van der Waals surface area (Å²) in [7, 11) is 0. The lowest BCUT2D eigenvalue weighted by molar-refractivity contribution is 0.625. The first-order valence-electron chi connectivity index (χ1n) is 3.46. The Morgan fingerprint density at radius 3 is 2.91 bits per heavy atom. The molecule has 58 valence electrons. The zero-order valence-electron chi connectivity index (χ0n) is 5.77. The number of nitrogens with one attached hydrogen (secondary N) is 1. The number of rotatable bonds is 1. The molecule has 3 heteroatoms. The Bertz CT molecular complexity index is 283. The van der Waals surface area contributed by atoms with Crippen molar-refractivity contribution in [1.29, 1.82) is 0 Å². The van der Waals surface area contributed by atoms with E-state index >= 15 is 0 Å². The van der Waals surface area contributed by atoms with Crippen LogP contribution in [0.2, 0.25) is 5.02 Å². The monoisotopic (exact) mass is 171 g/mol. The Balaban J connectivity index is 2.42. The molecule has 0 spiro atoms. The van der Waals surface area contributed by atoms with Gasteiger partial charge in [-0.3, -0.25) is 0 Å². The fraction of sp³-hybridized carbons (Fsp3) is 0.250. The largest absolute Gasteiger partial charge is 0.307 e. The van der Waals surface area contributed by atoms with E-state index in [9.17, 15) is 4.39 Å². The van der Waals surface area contributed by atoms with Crippen molar-refractivity contribution in [3.8, 4) is 0 Å². The molecular formula is C8H7ClFN. The highest BCUT2D eigenvalue weighted by Crippen LogP contribution is 2.28. The van der Waals surface area contributed by atoms with Crippen molar-refractivity contribution in [2.75, 3.05) is 6.54 Å². The van der Waals surface area contributed by atoms with Crippen molar-refractivity contribution in [1.82, 2.24) is 5.32 Å². The summed E-state index contributed by atoms with van der Waals surface area (Å²) in [6, 6.07) is 4.71. The van der Waals surface area contributed by atoms with Crippen molar-refractivity contribution < 1.29 is 4.39 Å². The second-order valence-electron chi connectivity index (χ2n) is 2.63. The molecule has 0 saturated carbocycles. The molecule has 0 radical (unpaired) electrons. The van der Waals surface area contributed by atoms with E-state index in [0.29, 0.717) is 5.02 Å². The van der Waals surface area contributed by atoms with Crippen LogP contribution >= 0.6 is 11.6 Å². The molecule has 1 aromatic rings. The molecular weight excluding hydrogens is 165 g/mol. The topological polar surface area (TPSA) is 21.9 Å². The highest BCUT2D eigenvalue weighted by Gasteiger charge is 2.24. The summed E-state index contributed by atoms with van der Waals surface area (Å²) in [4.78, 5) is 0. The number of hydrogen-bond donors (Lipinski definition) is 1. The third-order valence-corrected chi connectivity index (χ3v) is 2.09. The molecule has 0 aliphatic carbocycles. The third-order valence-electron chi connectivity index (χ3n) is 1.74. The molecule has 1 aromatic carbocycles. The van der Waals surface area contributed by atoms with E-state index in [4.69, 9.17) is 11.6 Å². The van der Waals surface area contributed by atoms with Crippen molar-refractivity contribution in [2.24, 2.45) is 0 Å². The van der Waals surface area contributed by atoms with Gasteiger partial charge < -0.3 is 5.32 Å². The van der Waals surface area contributed by atoms with Crippen LogP contribution in [0.15, 0.2) is 18.2 Å². The molecule has 1 fully saturated rings. The fourth-order valence-electron chi connectivity index (χ4n) is 1.06. The highest BCUT2D eigenvalue weighted by molar-refractivity contribution is 6.31. The molecule has 1 aliphatic heterocycles. The van der Waals surface area contributed by atoms with E-state index in [1.165, 1.54) is 12.1 Å². The second-order valence-corrected chi connectivity index (χ2v) is 3.03. The predicted octanol–water partition coefficient (Wildman–Crippen LogP) is 2.12. The number of hydrogen-bond acceptors (Lipinski definition) is 1. The summed E-state index contributed by atoms with van der Waals surface area (Å²) >= 11 is 5.82. The van der Waals surface area contributed by atoms with Crippen LogP contribution in [0, 0.1) is 5.82 Å². The molecule has 1 heterocycles. The van der Waals surface area contributed by atoms with E-state index in [-0.39, 0.29) is 11.9 Å². The summed E-state index contributed by atoms with van der Waals surface area (Å²) in [5.41, 5.74) is 0.867. The van der Waals surface area contributed by atoms with Crippen LogP contribution in [-0.2, 0) is 0 Å². The molecule has 0 aromatic heterocycles. The molecule has 1 N–H and O–H groups in total. The summed E-state index contributed by atoms with van der Waals surface area (Å²) in [5, 5.41) is 3.71. The van der Waals surface area contributed by atoms with Gasteiger partial charge in [-0.15, -0.1) is 0 Å². The van der Waals surface area contributed by atoms with E-state index in [1.54, 1.807) is 6.07 Å². The van der Waals surface area contributed by atoms with Gasteiger partial charge in [-0.1, -0.05) is 11.6 Å². The van der Waals surface area contributed by atoms with Crippen LogP contribution in [0.5, 0.6) is 0 Å². The molecule has 0 amide bonds. The molecule has 2 rings (SSSR count). The SMILES string of the molecule is Fc1ccc(Cl)c([C@H]2CN2)c1. The van der Waals surface area contributed by atoms with Gasteiger partial charge in [0.2, 0.25) is 0 Å². The van der Waals surface area contributed by atoms with E-state index < -0.39 is 0 Å². The first kappa shape index (κ1) is 7.07. The first-order chi connectivity index (χ1) is 5.27. The van der Waals surface area contributed by atoms with Crippen LogP contribution in [0.4, 0.5) is 4.39 Å². The van der Waals surface area contributed by atoms with Gasteiger partial charge in [-0.05, 0) is 23.8 Å². The van der Waals surface area contributed by atoms with E-state index in [2.05, 4.69) is 5.32 Å². The smallest absolute Gasteiger partial charge is 0.123 e. The van der Waals surface area contributed by atoms with Gasteiger partial charge in [0, 0.05) is 17.6 Å². The zero-order chi connectivity index (χ0) is 7.84. The minimum absolute atomic E-state index is 0.224. The maximum atomic E-state index is 12.6. The predicted molar refractivity (Wildman–Crippen MR) is 42.2 cm³/mol. The van der Waals surface area contributed by atoms with Gasteiger partial charge in [-0.2, -0.15) is 0 Å². The Kier molecular flexibility index (Phi) is 1.59. The van der Waals surface area contributed by atoms with Crippen LogP contribution in [0.25, 0.3) is 0 Å². The van der Waals surface area contributed by atoms with Crippen LogP contribution in [0.1, 0.15) is 11.6 Å². The summed E-state index contributed by atoms with van der Waals surface area (Å²) in [5.74, 6) is -0.224. The summed E-state index contributed by atoms with van der Waals surface area (Å²) in [6.07, 6.45) is 0. The van der Waals surface area contributed by atoms with Gasteiger partial charge in [0.05, 0.1) is 0 Å². The highest BCUT2D eigenvalue weighted by atomic mass is 35.5. The minimum atomic E-state index is -0.224. The normalized spacial score (nSPS) is 21.8. The molecule has 1 atom stereocenters. The quantitative estimate of drug-likeness (QED) is 0.643. The van der Waals surface area contributed by atoms with E-state index in [0.717, 1.165) is 12.1 Å². The lowest BCUT2D eigenvalue weighted by Gasteiger charge is -1.99. The fourth-order valence-corrected chi connectivity index (χ4v) is 1.31. The van der Waals surface area contributed by atoms with Crippen molar-refractivity contribution in [3.63, 3.8) is 0 Å². The third kappa shape index (κ3) is 1.37. The Labute approximate surface area is 69.2 Å². The van der Waals surface area contributed by atoms with Crippen LogP contribution in [0.3, 0.4) is 0 Å². The van der Waals surface area contributed by atoms with Crippen LogP contribution < -0.4 is 5.32 Å². The zero-order valence-corrected chi connectivity index (χ0v) is 6.53. The average Bonchev–Trinajstić information content (AvgIpc) is 2.76. The first-order valence-corrected chi connectivity index (χ1v) is 3.83.